The van der Waals surface area contributed by atoms with Crippen molar-refractivity contribution in [2.45, 2.75) is 18.4 Å². The molecule has 0 amide bonds. The molecule has 2 N–H and O–H groups in total. The van der Waals surface area contributed by atoms with Gasteiger partial charge in [-0.3, -0.25) is 9.52 Å². The summed E-state index contributed by atoms with van der Waals surface area (Å²) in [6.45, 7) is 2.06. The van der Waals surface area contributed by atoms with Crippen molar-refractivity contribution in [2.75, 3.05) is 0 Å². The van der Waals surface area contributed by atoms with E-state index in [2.05, 4.69) is 14.8 Å². The highest BCUT2D eigenvalue weighted by atomic mass is 32.2. The van der Waals surface area contributed by atoms with Gasteiger partial charge in [-0.25, -0.2) is 18.1 Å². The molecule has 0 radical (unpaired) electrons. The van der Waals surface area contributed by atoms with Crippen LogP contribution in [0.2, 0.25) is 0 Å². The number of aromatic nitrogens is 2. The van der Waals surface area contributed by atoms with Gasteiger partial charge in [0, 0.05) is 4.88 Å². The molecular weight excluding hydrogens is 460 g/mol. The van der Waals surface area contributed by atoms with Crippen molar-refractivity contribution in [2.24, 2.45) is 4.99 Å². The van der Waals surface area contributed by atoms with E-state index < -0.39 is 21.3 Å². The molecule has 0 spiro atoms. The SMILES string of the molecule is Cc1ccc(-c2nn(Cc3ccccc3)c(=O)c(C3=Nc4ccccc4S(=O)(=O)N3)c2O)s1. The average molecular weight is 479 g/mol. The van der Waals surface area contributed by atoms with Gasteiger partial charge in [0.05, 0.1) is 17.1 Å². The number of nitrogens with zero attached hydrogens (tertiary/aromatic N) is 3. The smallest absolute Gasteiger partial charge is 0.281 e. The molecular formula is C23H18N4O4S2. The first-order valence-electron chi connectivity index (χ1n) is 9.99. The van der Waals surface area contributed by atoms with Crippen LogP contribution in [0.5, 0.6) is 5.75 Å². The van der Waals surface area contributed by atoms with Crippen molar-refractivity contribution in [3.63, 3.8) is 0 Å². The van der Waals surface area contributed by atoms with E-state index in [1.807, 2.05) is 43.3 Å². The molecule has 0 unspecified atom stereocenters. The Morgan fingerprint density at radius 2 is 1.76 bits per heavy atom. The number of aromatic hydroxyl groups is 1. The highest BCUT2D eigenvalue weighted by Crippen LogP contribution is 2.35. The topological polar surface area (TPSA) is 114 Å². The molecule has 10 heteroatoms. The van der Waals surface area contributed by atoms with E-state index in [1.165, 1.54) is 28.2 Å². The molecule has 0 aliphatic carbocycles. The van der Waals surface area contributed by atoms with E-state index in [1.54, 1.807) is 18.2 Å². The fourth-order valence-corrected chi connectivity index (χ4v) is 5.59. The Bertz CT molecular complexity index is 1570. The molecule has 0 saturated heterocycles. The van der Waals surface area contributed by atoms with Gasteiger partial charge in [0.25, 0.3) is 15.6 Å². The minimum atomic E-state index is -3.98. The van der Waals surface area contributed by atoms with Crippen LogP contribution in [0.15, 0.2) is 81.4 Å². The number of amidine groups is 1. The molecule has 2 aromatic heterocycles. The monoisotopic (exact) mass is 478 g/mol. The van der Waals surface area contributed by atoms with Gasteiger partial charge in [0.15, 0.2) is 11.6 Å². The first kappa shape index (κ1) is 21.1. The number of thiophene rings is 1. The lowest BCUT2D eigenvalue weighted by Gasteiger charge is -2.19. The first-order chi connectivity index (χ1) is 15.8. The van der Waals surface area contributed by atoms with Crippen LogP contribution in [-0.4, -0.2) is 29.1 Å². The molecule has 1 aliphatic rings. The summed E-state index contributed by atoms with van der Waals surface area (Å²) < 4.78 is 29.2. The van der Waals surface area contributed by atoms with Crippen molar-refractivity contribution in [3.05, 3.63) is 93.1 Å². The number of para-hydroxylation sites is 1. The highest BCUT2D eigenvalue weighted by molar-refractivity contribution is 7.90. The predicted octanol–water partition coefficient (Wildman–Crippen LogP) is 3.40. The molecule has 1 aliphatic heterocycles. The van der Waals surface area contributed by atoms with E-state index in [-0.39, 0.29) is 34.2 Å². The summed E-state index contributed by atoms with van der Waals surface area (Å²) in [6, 6.07) is 19.2. The summed E-state index contributed by atoms with van der Waals surface area (Å²) in [5.74, 6) is -0.665. The second kappa shape index (κ2) is 7.98. The molecule has 8 nitrogen and oxygen atoms in total. The zero-order valence-electron chi connectivity index (χ0n) is 17.4. The number of aliphatic imine (C=N–C) groups is 1. The number of fused-ring (bicyclic) bond motifs is 1. The van der Waals surface area contributed by atoms with Crippen LogP contribution in [0.25, 0.3) is 10.6 Å². The van der Waals surface area contributed by atoms with E-state index >= 15 is 0 Å². The Hall–Kier alpha value is -3.76. The third-order valence-electron chi connectivity index (χ3n) is 5.13. The van der Waals surface area contributed by atoms with E-state index in [4.69, 9.17) is 0 Å². The Kier molecular flexibility index (Phi) is 5.10. The third kappa shape index (κ3) is 3.83. The van der Waals surface area contributed by atoms with Crippen molar-refractivity contribution in [1.82, 2.24) is 14.5 Å². The summed E-state index contributed by atoms with van der Waals surface area (Å²) in [5.41, 5.74) is 0.284. The molecule has 0 atom stereocenters. The fraction of sp³-hybridized carbons (Fsp3) is 0.0870. The Balaban J connectivity index is 1.76. The van der Waals surface area contributed by atoms with E-state index in [0.29, 0.717) is 4.88 Å². The molecule has 2 aromatic carbocycles. The highest BCUT2D eigenvalue weighted by Gasteiger charge is 2.31. The van der Waals surface area contributed by atoms with Gasteiger partial charge in [-0.05, 0) is 36.8 Å². The minimum Gasteiger partial charge on any atom is -0.505 e. The van der Waals surface area contributed by atoms with Crippen LogP contribution in [-0.2, 0) is 16.6 Å². The normalized spacial score (nSPS) is 14.3. The maximum absolute atomic E-state index is 13.4. The molecule has 0 bridgehead atoms. The largest absolute Gasteiger partial charge is 0.505 e. The number of aryl methyl sites for hydroxylation is 1. The van der Waals surface area contributed by atoms with Crippen molar-refractivity contribution in [3.8, 4) is 16.3 Å². The van der Waals surface area contributed by atoms with Crippen LogP contribution in [0, 0.1) is 6.92 Å². The van der Waals surface area contributed by atoms with Crippen molar-refractivity contribution in [1.29, 1.82) is 0 Å². The maximum atomic E-state index is 13.4. The van der Waals surface area contributed by atoms with Gasteiger partial charge in [0.2, 0.25) is 0 Å². The minimum absolute atomic E-state index is 0.000937. The number of sulfonamides is 1. The Morgan fingerprint density at radius 1 is 1.03 bits per heavy atom. The van der Waals surface area contributed by atoms with Crippen LogP contribution in [0.3, 0.4) is 0 Å². The molecule has 0 saturated carbocycles. The third-order valence-corrected chi connectivity index (χ3v) is 7.53. The molecule has 5 rings (SSSR count). The second-order valence-corrected chi connectivity index (χ2v) is 10.4. The molecule has 3 heterocycles. The summed E-state index contributed by atoms with van der Waals surface area (Å²) in [6.07, 6.45) is 0. The molecule has 4 aromatic rings. The van der Waals surface area contributed by atoms with Crippen LogP contribution < -0.4 is 10.3 Å². The summed E-state index contributed by atoms with van der Waals surface area (Å²) in [4.78, 5) is 19.4. The summed E-state index contributed by atoms with van der Waals surface area (Å²) in [5, 5.41) is 15.5. The maximum Gasteiger partial charge on any atom is 0.281 e. The van der Waals surface area contributed by atoms with Gasteiger partial charge >= 0.3 is 0 Å². The van der Waals surface area contributed by atoms with E-state index in [0.717, 1.165) is 10.4 Å². The quantitative estimate of drug-likeness (QED) is 0.467. The fourth-order valence-electron chi connectivity index (χ4n) is 3.58. The van der Waals surface area contributed by atoms with Crippen LogP contribution in [0.1, 0.15) is 16.0 Å². The molecule has 0 fully saturated rings. The lowest BCUT2D eigenvalue weighted by atomic mass is 10.1. The Labute approximate surface area is 193 Å². The van der Waals surface area contributed by atoms with E-state index in [9.17, 15) is 18.3 Å². The number of rotatable bonds is 4. The number of benzene rings is 2. The Morgan fingerprint density at radius 3 is 2.48 bits per heavy atom. The predicted molar refractivity (Wildman–Crippen MR) is 127 cm³/mol. The van der Waals surface area contributed by atoms with Gasteiger partial charge < -0.3 is 5.11 Å². The number of hydrogen-bond donors (Lipinski definition) is 2. The lowest BCUT2D eigenvalue weighted by molar-refractivity contribution is 0.464. The lowest BCUT2D eigenvalue weighted by Crippen LogP contribution is -2.39. The molecule has 166 valence electrons. The van der Waals surface area contributed by atoms with Crippen LogP contribution >= 0.6 is 11.3 Å². The summed E-state index contributed by atoms with van der Waals surface area (Å²) in [7, 11) is -3.98. The number of hydrogen-bond acceptors (Lipinski definition) is 7. The van der Waals surface area contributed by atoms with Gasteiger partial charge in [0.1, 0.15) is 16.2 Å². The zero-order chi connectivity index (χ0) is 23.2. The van der Waals surface area contributed by atoms with Gasteiger partial charge in [-0.1, -0.05) is 42.5 Å². The van der Waals surface area contributed by atoms with Gasteiger partial charge in [-0.15, -0.1) is 11.3 Å². The van der Waals surface area contributed by atoms with Crippen LogP contribution in [0.4, 0.5) is 5.69 Å². The second-order valence-electron chi connectivity index (χ2n) is 7.46. The van der Waals surface area contributed by atoms with Crippen molar-refractivity contribution >= 4 is 32.9 Å². The standard InChI is InChI=1S/C23H18N4O4S2/c1-14-11-12-17(32-14)20-21(28)19(23(29)27(25-20)13-15-7-3-2-4-8-15)22-24-16-9-5-6-10-18(16)33(30,31)26-22/h2-12,28H,13H2,1H3,(H,24,26). The summed E-state index contributed by atoms with van der Waals surface area (Å²) >= 11 is 1.40. The van der Waals surface area contributed by atoms with Crippen molar-refractivity contribution < 1.29 is 13.5 Å². The average Bonchev–Trinajstić information content (AvgIpc) is 3.22. The zero-order valence-corrected chi connectivity index (χ0v) is 19.0. The molecule has 33 heavy (non-hydrogen) atoms. The number of nitrogens with one attached hydrogen (secondary N) is 1. The first-order valence-corrected chi connectivity index (χ1v) is 12.3. The van der Waals surface area contributed by atoms with Gasteiger partial charge in [-0.2, -0.15) is 5.10 Å².